The van der Waals surface area contributed by atoms with E-state index in [0.717, 1.165) is 5.69 Å². The van der Waals surface area contributed by atoms with Crippen molar-refractivity contribution in [2.45, 2.75) is 27.3 Å². The van der Waals surface area contributed by atoms with Crippen LogP contribution in [-0.2, 0) is 6.54 Å². The summed E-state index contributed by atoms with van der Waals surface area (Å²) in [6.07, 6.45) is 1.42. The lowest BCUT2D eigenvalue weighted by Crippen LogP contribution is -2.18. The lowest BCUT2D eigenvalue weighted by Gasteiger charge is -2.12. The van der Waals surface area contributed by atoms with Crippen LogP contribution < -0.4 is 0 Å². The van der Waals surface area contributed by atoms with Crippen LogP contribution >= 0.6 is 0 Å². The first-order chi connectivity index (χ1) is 7.06. The number of fused-ring (bicyclic) bond motifs is 1. The summed E-state index contributed by atoms with van der Waals surface area (Å²) in [4.78, 5) is 23.6. The molecule has 15 heavy (non-hydrogen) atoms. The third-order valence-electron chi connectivity index (χ3n) is 2.81. The third kappa shape index (κ3) is 1.27. The van der Waals surface area contributed by atoms with Crippen LogP contribution in [0.1, 0.15) is 40.4 Å². The van der Waals surface area contributed by atoms with Crippen molar-refractivity contribution in [3.63, 3.8) is 0 Å². The predicted octanol–water partition coefficient (Wildman–Crippen LogP) is 2.14. The Morgan fingerprint density at radius 3 is 2.53 bits per heavy atom. The highest BCUT2D eigenvalue weighted by atomic mass is 16.1. The van der Waals surface area contributed by atoms with Crippen LogP contribution in [0.15, 0.2) is 17.7 Å². The van der Waals surface area contributed by atoms with Gasteiger partial charge < -0.3 is 4.57 Å². The first kappa shape index (κ1) is 9.90. The summed E-state index contributed by atoms with van der Waals surface area (Å²) >= 11 is 0. The van der Waals surface area contributed by atoms with Gasteiger partial charge in [0.1, 0.15) is 5.69 Å². The molecule has 1 aromatic rings. The van der Waals surface area contributed by atoms with E-state index in [1.165, 1.54) is 6.08 Å². The van der Waals surface area contributed by atoms with Gasteiger partial charge in [0.05, 0.1) is 5.56 Å². The molecule has 2 rings (SSSR count). The number of carbonyl (C=O) groups excluding carboxylic acids is 2. The lowest BCUT2D eigenvalue weighted by molar-refractivity contribution is 0.0978. The molecule has 3 heteroatoms. The summed E-state index contributed by atoms with van der Waals surface area (Å²) in [5.41, 5.74) is 2.59. The van der Waals surface area contributed by atoms with Gasteiger partial charge >= 0.3 is 0 Å². The molecular formula is C12H13NO2. The Labute approximate surface area is 88.4 Å². The molecule has 0 N–H and O–H groups in total. The van der Waals surface area contributed by atoms with Crippen LogP contribution in [0.25, 0.3) is 0 Å². The molecule has 0 fully saturated rings. The summed E-state index contributed by atoms with van der Waals surface area (Å²) in [7, 11) is 0. The monoisotopic (exact) mass is 203 g/mol. The van der Waals surface area contributed by atoms with Crippen molar-refractivity contribution in [1.82, 2.24) is 4.57 Å². The van der Waals surface area contributed by atoms with Crippen LogP contribution in [0.3, 0.4) is 0 Å². The number of ketones is 2. The van der Waals surface area contributed by atoms with Crippen LogP contribution in [0.5, 0.6) is 0 Å². The number of hydrogen-bond acceptors (Lipinski definition) is 2. The summed E-state index contributed by atoms with van der Waals surface area (Å²) in [6, 6.07) is 1.79. The smallest absolute Gasteiger partial charge is 0.205 e. The molecule has 0 spiro atoms. The third-order valence-corrected chi connectivity index (χ3v) is 2.81. The maximum absolute atomic E-state index is 11.9. The molecule has 0 amide bonds. The van der Waals surface area contributed by atoms with Gasteiger partial charge in [-0.2, -0.15) is 0 Å². The summed E-state index contributed by atoms with van der Waals surface area (Å²) < 4.78 is 1.89. The number of hydrogen-bond donors (Lipinski definition) is 0. The highest BCUT2D eigenvalue weighted by molar-refractivity contribution is 6.23. The van der Waals surface area contributed by atoms with Crippen molar-refractivity contribution < 1.29 is 9.59 Å². The number of nitrogens with zero attached hydrogens (tertiary/aromatic N) is 1. The largest absolute Gasteiger partial charge is 0.342 e. The Hall–Kier alpha value is -1.64. The minimum atomic E-state index is -0.0580. The molecule has 0 unspecified atom stereocenters. The molecule has 1 aliphatic carbocycles. The first-order valence-electron chi connectivity index (χ1n) is 5.03. The molecule has 0 atom stereocenters. The lowest BCUT2D eigenvalue weighted by atomic mass is 9.96. The van der Waals surface area contributed by atoms with Crippen LogP contribution in [0.2, 0.25) is 0 Å². The van der Waals surface area contributed by atoms with Crippen molar-refractivity contribution in [2.24, 2.45) is 0 Å². The average Bonchev–Trinajstić information content (AvgIpc) is 2.52. The van der Waals surface area contributed by atoms with E-state index in [1.807, 2.05) is 18.4 Å². The van der Waals surface area contributed by atoms with E-state index in [1.54, 1.807) is 13.0 Å². The molecule has 78 valence electrons. The second kappa shape index (κ2) is 3.19. The summed E-state index contributed by atoms with van der Waals surface area (Å²) in [5.74, 6) is -0.0862. The Morgan fingerprint density at radius 2 is 1.93 bits per heavy atom. The molecule has 1 heterocycles. The normalized spacial score (nSPS) is 15.3. The van der Waals surface area contributed by atoms with Gasteiger partial charge in [0.25, 0.3) is 0 Å². The average molecular weight is 203 g/mol. The minimum absolute atomic E-state index is 0.0282. The van der Waals surface area contributed by atoms with Gasteiger partial charge in [-0.1, -0.05) is 0 Å². The second-order valence-electron chi connectivity index (χ2n) is 3.81. The number of aryl methyl sites for hydroxylation is 1. The van der Waals surface area contributed by atoms with Crippen LogP contribution in [0.4, 0.5) is 0 Å². The Kier molecular flexibility index (Phi) is 2.11. The SMILES string of the molecule is CCn1c(C)cc2c1C(=O)C(C)=CC2=O. The summed E-state index contributed by atoms with van der Waals surface area (Å²) in [6.45, 7) is 6.29. The first-order valence-corrected chi connectivity index (χ1v) is 5.03. The van der Waals surface area contributed by atoms with E-state index in [2.05, 4.69) is 0 Å². The number of aromatic nitrogens is 1. The van der Waals surface area contributed by atoms with Crippen LogP contribution in [-0.4, -0.2) is 16.1 Å². The number of carbonyl (C=O) groups is 2. The van der Waals surface area contributed by atoms with Gasteiger partial charge in [-0.25, -0.2) is 0 Å². The van der Waals surface area contributed by atoms with Crippen molar-refractivity contribution in [3.05, 3.63) is 34.7 Å². The van der Waals surface area contributed by atoms with Crippen molar-refractivity contribution in [3.8, 4) is 0 Å². The van der Waals surface area contributed by atoms with E-state index < -0.39 is 0 Å². The zero-order valence-electron chi connectivity index (χ0n) is 9.13. The van der Waals surface area contributed by atoms with Gasteiger partial charge in [0.2, 0.25) is 5.78 Å². The zero-order chi connectivity index (χ0) is 11.2. The molecule has 0 radical (unpaired) electrons. The minimum Gasteiger partial charge on any atom is -0.342 e. The van der Waals surface area contributed by atoms with E-state index in [4.69, 9.17) is 0 Å². The van der Waals surface area contributed by atoms with E-state index in [0.29, 0.717) is 23.4 Å². The van der Waals surface area contributed by atoms with Gasteiger partial charge in [0.15, 0.2) is 5.78 Å². The fourth-order valence-electron chi connectivity index (χ4n) is 2.04. The topological polar surface area (TPSA) is 39.1 Å². The maximum Gasteiger partial charge on any atom is 0.205 e. The summed E-state index contributed by atoms with van der Waals surface area (Å²) in [5, 5.41) is 0. The quantitative estimate of drug-likeness (QED) is 0.701. The molecule has 1 aromatic heterocycles. The number of allylic oxidation sites excluding steroid dienone is 2. The van der Waals surface area contributed by atoms with Gasteiger partial charge in [-0.3, -0.25) is 9.59 Å². The molecule has 0 saturated heterocycles. The molecule has 1 aliphatic rings. The zero-order valence-corrected chi connectivity index (χ0v) is 9.13. The molecule has 0 aromatic carbocycles. The predicted molar refractivity (Wildman–Crippen MR) is 57.3 cm³/mol. The standard InChI is InChI=1S/C12H13NO2/c1-4-13-8(3)6-9-10(14)5-7(2)12(15)11(9)13/h5-6H,4H2,1-3H3. The Balaban J connectivity index is 2.72. The van der Waals surface area contributed by atoms with Gasteiger partial charge in [-0.05, 0) is 32.9 Å². The van der Waals surface area contributed by atoms with Crippen molar-refractivity contribution in [1.29, 1.82) is 0 Å². The maximum atomic E-state index is 11.9. The van der Waals surface area contributed by atoms with Crippen molar-refractivity contribution in [2.75, 3.05) is 0 Å². The fraction of sp³-hybridized carbons (Fsp3) is 0.333. The molecular weight excluding hydrogens is 190 g/mol. The second-order valence-corrected chi connectivity index (χ2v) is 3.81. The van der Waals surface area contributed by atoms with E-state index in [9.17, 15) is 9.59 Å². The molecule has 0 saturated carbocycles. The molecule has 3 nitrogen and oxygen atoms in total. The van der Waals surface area contributed by atoms with E-state index in [-0.39, 0.29) is 11.6 Å². The van der Waals surface area contributed by atoms with Gasteiger partial charge in [0, 0.05) is 17.8 Å². The number of Topliss-reactive ketones (excluding diaryl/α,β-unsaturated/α-hetero) is 1. The fourth-order valence-corrected chi connectivity index (χ4v) is 2.04. The van der Waals surface area contributed by atoms with E-state index >= 15 is 0 Å². The molecule has 0 bridgehead atoms. The molecule has 0 aliphatic heterocycles. The van der Waals surface area contributed by atoms with Crippen LogP contribution in [0, 0.1) is 6.92 Å². The highest BCUT2D eigenvalue weighted by Gasteiger charge is 2.27. The van der Waals surface area contributed by atoms with Crippen molar-refractivity contribution >= 4 is 11.6 Å². The Bertz CT molecular complexity index is 492. The van der Waals surface area contributed by atoms with Gasteiger partial charge in [-0.15, -0.1) is 0 Å². The Morgan fingerprint density at radius 1 is 1.27 bits per heavy atom. The number of rotatable bonds is 1. The highest BCUT2D eigenvalue weighted by Crippen LogP contribution is 2.24.